The van der Waals surface area contributed by atoms with Gasteiger partial charge >= 0.3 is 5.97 Å². The molecule has 2 aliphatic rings. The van der Waals surface area contributed by atoms with Gasteiger partial charge in [0.25, 0.3) is 0 Å². The normalized spacial score (nSPS) is 28.5. The summed E-state index contributed by atoms with van der Waals surface area (Å²) < 4.78 is 10.5. The van der Waals surface area contributed by atoms with Crippen LogP contribution in [-0.2, 0) is 14.3 Å². The predicted octanol–water partition coefficient (Wildman–Crippen LogP) is 2.57. The average molecular weight is 297 g/mol. The zero-order valence-corrected chi connectivity index (χ0v) is 14.2. The van der Waals surface area contributed by atoms with Gasteiger partial charge in [-0.3, -0.25) is 9.69 Å². The maximum absolute atomic E-state index is 12.1. The summed E-state index contributed by atoms with van der Waals surface area (Å²) in [6, 6.07) is 0.597. The van der Waals surface area contributed by atoms with E-state index in [4.69, 9.17) is 9.47 Å². The summed E-state index contributed by atoms with van der Waals surface area (Å²) in [5, 5.41) is 0. The molecule has 0 aliphatic heterocycles. The molecule has 2 rings (SSSR count). The predicted molar refractivity (Wildman–Crippen MR) is 83.0 cm³/mol. The Morgan fingerprint density at radius 3 is 2.57 bits per heavy atom. The topological polar surface area (TPSA) is 38.8 Å². The molecular formula is C17H31NO3. The molecule has 0 aromatic carbocycles. The van der Waals surface area contributed by atoms with Crippen molar-refractivity contribution in [2.45, 2.75) is 46.6 Å². The van der Waals surface area contributed by atoms with E-state index in [1.54, 1.807) is 7.11 Å². The minimum absolute atomic E-state index is 0.0155. The Bertz CT molecular complexity index is 365. The molecule has 0 bridgehead atoms. The summed E-state index contributed by atoms with van der Waals surface area (Å²) in [5.41, 5.74) is 0.0703. The Labute approximate surface area is 129 Å². The molecule has 21 heavy (non-hydrogen) atoms. The fraction of sp³-hybridized carbons (Fsp3) is 0.941. The Kier molecular flexibility index (Phi) is 5.31. The van der Waals surface area contributed by atoms with Gasteiger partial charge in [0.15, 0.2) is 0 Å². The van der Waals surface area contributed by atoms with Gasteiger partial charge in [-0.2, -0.15) is 0 Å². The molecule has 0 aromatic rings. The molecule has 4 nitrogen and oxygen atoms in total. The molecular weight excluding hydrogens is 266 g/mol. The van der Waals surface area contributed by atoms with Crippen molar-refractivity contribution in [3.8, 4) is 0 Å². The third-order valence-electron chi connectivity index (χ3n) is 5.49. The summed E-state index contributed by atoms with van der Waals surface area (Å²) in [4.78, 5) is 14.6. The van der Waals surface area contributed by atoms with E-state index in [1.165, 1.54) is 12.8 Å². The highest BCUT2D eigenvalue weighted by molar-refractivity contribution is 5.77. The number of ether oxygens (including phenoxy) is 2. The minimum Gasteiger partial charge on any atom is -0.466 e. The molecule has 2 fully saturated rings. The van der Waals surface area contributed by atoms with Crippen LogP contribution in [0.3, 0.4) is 0 Å². The highest BCUT2D eigenvalue weighted by Gasteiger charge is 2.62. The zero-order chi connectivity index (χ0) is 15.6. The van der Waals surface area contributed by atoms with Gasteiger partial charge in [-0.25, -0.2) is 0 Å². The van der Waals surface area contributed by atoms with Crippen molar-refractivity contribution in [1.29, 1.82) is 0 Å². The Morgan fingerprint density at radius 1 is 1.38 bits per heavy atom. The SMILES string of the molecule is CCOC(=O)[C@@H]1[C@H](CN(CCOC)[C@H](C)C2CC2)C1(C)C. The second-order valence-electron chi connectivity index (χ2n) is 7.22. The smallest absolute Gasteiger partial charge is 0.309 e. The maximum atomic E-state index is 12.1. The molecule has 0 N–H and O–H groups in total. The lowest BCUT2D eigenvalue weighted by atomic mass is 10.1. The quantitative estimate of drug-likeness (QED) is 0.613. The lowest BCUT2D eigenvalue weighted by molar-refractivity contribution is -0.145. The molecule has 0 heterocycles. The molecule has 122 valence electrons. The second-order valence-corrected chi connectivity index (χ2v) is 7.22. The van der Waals surface area contributed by atoms with Gasteiger partial charge in [-0.05, 0) is 43.9 Å². The van der Waals surface area contributed by atoms with Crippen LogP contribution in [0.5, 0.6) is 0 Å². The lowest BCUT2D eigenvalue weighted by Gasteiger charge is -2.29. The highest BCUT2D eigenvalue weighted by Crippen LogP contribution is 2.59. The third kappa shape index (κ3) is 3.78. The van der Waals surface area contributed by atoms with Crippen molar-refractivity contribution < 1.29 is 14.3 Å². The van der Waals surface area contributed by atoms with E-state index in [2.05, 4.69) is 25.7 Å². The Hall–Kier alpha value is -0.610. The molecule has 0 spiro atoms. The number of hydrogen-bond acceptors (Lipinski definition) is 4. The van der Waals surface area contributed by atoms with E-state index in [1.807, 2.05) is 6.92 Å². The van der Waals surface area contributed by atoms with Crippen LogP contribution in [0, 0.1) is 23.2 Å². The van der Waals surface area contributed by atoms with Gasteiger partial charge in [0, 0.05) is 26.2 Å². The number of methoxy groups -OCH3 is 1. The van der Waals surface area contributed by atoms with E-state index in [-0.39, 0.29) is 17.3 Å². The van der Waals surface area contributed by atoms with Crippen molar-refractivity contribution in [2.75, 3.05) is 33.4 Å². The molecule has 0 radical (unpaired) electrons. The molecule has 2 saturated carbocycles. The Morgan fingerprint density at radius 2 is 2.05 bits per heavy atom. The van der Waals surface area contributed by atoms with Gasteiger partial charge in [0.1, 0.15) is 0 Å². The number of hydrogen-bond donors (Lipinski definition) is 0. The minimum atomic E-state index is -0.0155. The molecule has 0 saturated heterocycles. The number of rotatable bonds is 9. The van der Waals surface area contributed by atoms with Crippen LogP contribution in [-0.4, -0.2) is 50.3 Å². The van der Waals surface area contributed by atoms with Crippen LogP contribution in [0.15, 0.2) is 0 Å². The first-order valence-corrected chi connectivity index (χ1v) is 8.33. The molecule has 0 aromatic heterocycles. The summed E-state index contributed by atoms with van der Waals surface area (Å²) in [7, 11) is 1.75. The maximum Gasteiger partial charge on any atom is 0.309 e. The summed E-state index contributed by atoms with van der Waals surface area (Å²) in [5.74, 6) is 1.30. The Balaban J connectivity index is 1.94. The van der Waals surface area contributed by atoms with Crippen molar-refractivity contribution in [1.82, 2.24) is 4.90 Å². The summed E-state index contributed by atoms with van der Waals surface area (Å²) in [6.45, 7) is 11.8. The average Bonchev–Trinajstić information content (AvgIpc) is 3.31. The highest BCUT2D eigenvalue weighted by atomic mass is 16.5. The molecule has 3 atom stereocenters. The second kappa shape index (κ2) is 6.66. The third-order valence-corrected chi connectivity index (χ3v) is 5.49. The summed E-state index contributed by atoms with van der Waals surface area (Å²) >= 11 is 0. The van der Waals surface area contributed by atoms with E-state index in [9.17, 15) is 4.79 Å². The number of carbonyl (C=O) groups excluding carboxylic acids is 1. The molecule has 2 aliphatic carbocycles. The van der Waals surface area contributed by atoms with Crippen LogP contribution in [0.1, 0.15) is 40.5 Å². The van der Waals surface area contributed by atoms with Gasteiger partial charge in [0.05, 0.1) is 19.1 Å². The van der Waals surface area contributed by atoms with E-state index >= 15 is 0 Å². The first-order chi connectivity index (χ1) is 9.93. The van der Waals surface area contributed by atoms with Gasteiger partial charge in [-0.1, -0.05) is 13.8 Å². The van der Waals surface area contributed by atoms with E-state index in [0.717, 1.165) is 25.6 Å². The largest absolute Gasteiger partial charge is 0.466 e. The fourth-order valence-electron chi connectivity index (χ4n) is 3.58. The van der Waals surface area contributed by atoms with Crippen molar-refractivity contribution >= 4 is 5.97 Å². The van der Waals surface area contributed by atoms with Crippen molar-refractivity contribution in [2.24, 2.45) is 23.2 Å². The van der Waals surface area contributed by atoms with Crippen LogP contribution in [0.2, 0.25) is 0 Å². The first kappa shape index (κ1) is 16.8. The van der Waals surface area contributed by atoms with Gasteiger partial charge < -0.3 is 9.47 Å². The van der Waals surface area contributed by atoms with Crippen molar-refractivity contribution in [3.63, 3.8) is 0 Å². The lowest BCUT2D eigenvalue weighted by Crippen LogP contribution is -2.39. The van der Waals surface area contributed by atoms with E-state index < -0.39 is 0 Å². The van der Waals surface area contributed by atoms with Crippen LogP contribution in [0.25, 0.3) is 0 Å². The summed E-state index contributed by atoms with van der Waals surface area (Å²) in [6.07, 6.45) is 2.69. The number of carbonyl (C=O) groups is 1. The zero-order valence-electron chi connectivity index (χ0n) is 14.2. The molecule has 0 amide bonds. The monoisotopic (exact) mass is 297 g/mol. The van der Waals surface area contributed by atoms with E-state index in [0.29, 0.717) is 18.6 Å². The first-order valence-electron chi connectivity index (χ1n) is 8.33. The van der Waals surface area contributed by atoms with Gasteiger partial charge in [0.2, 0.25) is 0 Å². The van der Waals surface area contributed by atoms with Gasteiger partial charge in [-0.15, -0.1) is 0 Å². The standard InChI is InChI=1S/C17H31NO3/c1-6-21-16(19)15-14(17(15,3)4)11-18(9-10-20-5)12(2)13-7-8-13/h12-15H,6-11H2,1-5H3/t12-,14+,15+/m1/s1. The van der Waals surface area contributed by atoms with Crippen LogP contribution >= 0.6 is 0 Å². The molecule has 4 heteroatoms. The van der Waals surface area contributed by atoms with Crippen LogP contribution in [0.4, 0.5) is 0 Å². The number of nitrogens with zero attached hydrogens (tertiary/aromatic N) is 1. The van der Waals surface area contributed by atoms with Crippen molar-refractivity contribution in [3.05, 3.63) is 0 Å². The van der Waals surface area contributed by atoms with Crippen LogP contribution < -0.4 is 0 Å². The number of esters is 1. The fourth-order valence-corrected chi connectivity index (χ4v) is 3.58. The molecule has 0 unspecified atom stereocenters.